The normalized spacial score (nSPS) is 13.0. The van der Waals surface area contributed by atoms with Gasteiger partial charge in [-0.3, -0.25) is 9.10 Å². The number of methoxy groups -OCH3 is 2. The number of nitrogens with one attached hydrogen (secondary N) is 1. The fraction of sp³-hybridized carbons (Fsp3) is 0.296. The molecule has 0 bridgehead atoms. The van der Waals surface area contributed by atoms with Gasteiger partial charge in [0.25, 0.3) is 15.9 Å². The monoisotopic (exact) mass is 510 g/mol. The number of hydrogen-bond donors (Lipinski definition) is 1. The summed E-state index contributed by atoms with van der Waals surface area (Å²) < 4.78 is 44.7. The van der Waals surface area contributed by atoms with Crippen molar-refractivity contribution in [3.05, 3.63) is 77.4 Å². The standard InChI is InChI=1S/C27H30N2O6S/c1-19-16-21(36(31,32)29-15-7-9-20-8-4-5-10-23(20)29)13-14-24(19)35-18-27(30)28-17-22-25(33-2)11-6-12-26(22)34-3/h4-6,8,10-14,16H,7,9,15,17-18H2,1-3H3,(H,28,30). The maximum Gasteiger partial charge on any atom is 0.264 e. The minimum atomic E-state index is -3.72. The van der Waals surface area contributed by atoms with Crippen molar-refractivity contribution < 1.29 is 27.4 Å². The maximum absolute atomic E-state index is 13.4. The lowest BCUT2D eigenvalue weighted by atomic mass is 10.0. The van der Waals surface area contributed by atoms with Gasteiger partial charge in [0.1, 0.15) is 17.2 Å². The number of fused-ring (bicyclic) bond motifs is 1. The van der Waals surface area contributed by atoms with Gasteiger partial charge in [-0.05, 0) is 67.3 Å². The third-order valence-corrected chi connectivity index (χ3v) is 7.96. The van der Waals surface area contributed by atoms with Gasteiger partial charge in [-0.2, -0.15) is 0 Å². The van der Waals surface area contributed by atoms with E-state index < -0.39 is 10.0 Å². The van der Waals surface area contributed by atoms with E-state index in [1.165, 1.54) is 10.4 Å². The van der Waals surface area contributed by atoms with E-state index in [2.05, 4.69) is 5.32 Å². The Balaban J connectivity index is 1.41. The van der Waals surface area contributed by atoms with E-state index in [4.69, 9.17) is 14.2 Å². The predicted octanol–water partition coefficient (Wildman–Crippen LogP) is 3.85. The Kier molecular flexibility index (Phi) is 7.69. The summed E-state index contributed by atoms with van der Waals surface area (Å²) in [6.07, 6.45) is 1.63. The number of benzene rings is 3. The van der Waals surface area contributed by atoms with Crippen LogP contribution in [0.4, 0.5) is 5.69 Å². The van der Waals surface area contributed by atoms with Crippen LogP contribution in [0.2, 0.25) is 0 Å². The van der Waals surface area contributed by atoms with E-state index in [-0.39, 0.29) is 24.0 Å². The fourth-order valence-electron chi connectivity index (χ4n) is 4.30. The summed E-state index contributed by atoms with van der Waals surface area (Å²) >= 11 is 0. The van der Waals surface area contributed by atoms with Crippen LogP contribution in [0.15, 0.2) is 65.6 Å². The zero-order valence-electron chi connectivity index (χ0n) is 20.6. The molecule has 36 heavy (non-hydrogen) atoms. The summed E-state index contributed by atoms with van der Waals surface area (Å²) in [5.74, 6) is 1.33. The molecule has 0 saturated carbocycles. The van der Waals surface area contributed by atoms with Crippen LogP contribution >= 0.6 is 0 Å². The van der Waals surface area contributed by atoms with Gasteiger partial charge < -0.3 is 19.5 Å². The van der Waals surface area contributed by atoms with Crippen molar-refractivity contribution in [2.45, 2.75) is 31.2 Å². The van der Waals surface area contributed by atoms with E-state index in [1.54, 1.807) is 45.4 Å². The van der Waals surface area contributed by atoms with Crippen LogP contribution in [-0.4, -0.2) is 41.7 Å². The number of carbonyl (C=O) groups excluding carboxylic acids is 1. The summed E-state index contributed by atoms with van der Waals surface area (Å²) in [7, 11) is -0.613. The molecular weight excluding hydrogens is 480 g/mol. The highest BCUT2D eigenvalue weighted by Gasteiger charge is 2.29. The summed E-state index contributed by atoms with van der Waals surface area (Å²) in [6.45, 7) is 2.19. The van der Waals surface area contributed by atoms with Gasteiger partial charge in [-0.15, -0.1) is 0 Å². The number of anilines is 1. The summed E-state index contributed by atoms with van der Waals surface area (Å²) in [6, 6.07) is 17.7. The highest BCUT2D eigenvalue weighted by Crippen LogP contribution is 2.33. The molecule has 0 atom stereocenters. The Labute approximate surface area is 211 Å². The van der Waals surface area contributed by atoms with Gasteiger partial charge >= 0.3 is 0 Å². The molecule has 0 saturated heterocycles. The molecular formula is C27H30N2O6S. The molecule has 0 spiro atoms. The molecule has 0 aromatic heterocycles. The molecule has 1 aliphatic heterocycles. The van der Waals surface area contributed by atoms with E-state index in [0.29, 0.717) is 29.4 Å². The Bertz CT molecular complexity index is 1330. The largest absolute Gasteiger partial charge is 0.496 e. The second-order valence-corrected chi connectivity index (χ2v) is 10.3. The number of amides is 1. The number of ether oxygens (including phenoxy) is 3. The molecule has 190 valence electrons. The van der Waals surface area contributed by atoms with Gasteiger partial charge in [0.15, 0.2) is 6.61 Å². The van der Waals surface area contributed by atoms with Crippen molar-refractivity contribution in [2.24, 2.45) is 0 Å². The quantitative estimate of drug-likeness (QED) is 0.470. The smallest absolute Gasteiger partial charge is 0.264 e. The van der Waals surface area contributed by atoms with E-state index in [0.717, 1.165) is 29.7 Å². The SMILES string of the molecule is COc1cccc(OC)c1CNC(=O)COc1ccc(S(=O)(=O)N2CCCc3ccccc32)cc1C. The van der Waals surface area contributed by atoms with E-state index in [1.807, 2.05) is 30.3 Å². The molecule has 0 aliphatic carbocycles. The van der Waals surface area contributed by atoms with Crippen molar-refractivity contribution in [2.75, 3.05) is 31.7 Å². The highest BCUT2D eigenvalue weighted by atomic mass is 32.2. The number of aryl methyl sites for hydroxylation is 2. The summed E-state index contributed by atoms with van der Waals surface area (Å²) in [5.41, 5.74) is 3.10. The lowest BCUT2D eigenvalue weighted by Gasteiger charge is -2.30. The maximum atomic E-state index is 13.4. The summed E-state index contributed by atoms with van der Waals surface area (Å²) in [5, 5.41) is 2.80. The zero-order chi connectivity index (χ0) is 25.7. The Hall–Kier alpha value is -3.72. The Morgan fingerprint density at radius 3 is 2.39 bits per heavy atom. The number of nitrogens with zero attached hydrogens (tertiary/aromatic N) is 1. The zero-order valence-corrected chi connectivity index (χ0v) is 21.4. The molecule has 1 aliphatic rings. The summed E-state index contributed by atoms with van der Waals surface area (Å²) in [4.78, 5) is 12.6. The average molecular weight is 511 g/mol. The van der Waals surface area contributed by atoms with Crippen LogP contribution in [0.3, 0.4) is 0 Å². The van der Waals surface area contributed by atoms with Crippen LogP contribution in [0.1, 0.15) is 23.1 Å². The third kappa shape index (κ3) is 5.26. The molecule has 3 aromatic carbocycles. The van der Waals surface area contributed by atoms with Gasteiger partial charge in [0, 0.05) is 6.54 Å². The molecule has 9 heteroatoms. The van der Waals surface area contributed by atoms with Crippen LogP contribution in [0.5, 0.6) is 17.2 Å². The van der Waals surface area contributed by atoms with Crippen molar-refractivity contribution in [1.29, 1.82) is 0 Å². The minimum absolute atomic E-state index is 0.191. The van der Waals surface area contributed by atoms with Crippen molar-refractivity contribution in [3.63, 3.8) is 0 Å². The van der Waals surface area contributed by atoms with Crippen LogP contribution in [0.25, 0.3) is 0 Å². The number of rotatable bonds is 9. The first-order valence-corrected chi connectivity index (χ1v) is 13.1. The number of para-hydroxylation sites is 1. The lowest BCUT2D eigenvalue weighted by molar-refractivity contribution is -0.123. The fourth-order valence-corrected chi connectivity index (χ4v) is 5.93. The Morgan fingerprint density at radius 1 is 0.972 bits per heavy atom. The van der Waals surface area contributed by atoms with Gasteiger partial charge in [-0.25, -0.2) is 8.42 Å². The third-order valence-electron chi connectivity index (χ3n) is 6.15. The average Bonchev–Trinajstić information content (AvgIpc) is 2.90. The molecule has 4 rings (SSSR count). The first-order chi connectivity index (χ1) is 17.3. The van der Waals surface area contributed by atoms with Crippen LogP contribution in [0, 0.1) is 6.92 Å². The van der Waals surface area contributed by atoms with Crippen molar-refractivity contribution >= 4 is 21.6 Å². The lowest BCUT2D eigenvalue weighted by Crippen LogP contribution is -2.35. The number of sulfonamides is 1. The van der Waals surface area contributed by atoms with Crippen LogP contribution < -0.4 is 23.8 Å². The highest BCUT2D eigenvalue weighted by molar-refractivity contribution is 7.92. The van der Waals surface area contributed by atoms with Crippen molar-refractivity contribution in [1.82, 2.24) is 5.32 Å². The first kappa shape index (κ1) is 25.4. The predicted molar refractivity (Wildman–Crippen MR) is 137 cm³/mol. The molecule has 0 fully saturated rings. The van der Waals surface area contributed by atoms with Crippen LogP contribution in [-0.2, 0) is 27.8 Å². The number of carbonyl (C=O) groups is 1. The van der Waals surface area contributed by atoms with E-state index >= 15 is 0 Å². The van der Waals surface area contributed by atoms with Gasteiger partial charge in [0.05, 0.1) is 36.9 Å². The second kappa shape index (κ2) is 10.9. The molecule has 1 N–H and O–H groups in total. The molecule has 8 nitrogen and oxygen atoms in total. The molecule has 3 aromatic rings. The number of hydrogen-bond acceptors (Lipinski definition) is 6. The molecule has 0 unspecified atom stereocenters. The first-order valence-electron chi connectivity index (χ1n) is 11.7. The molecule has 1 heterocycles. The Morgan fingerprint density at radius 2 is 1.69 bits per heavy atom. The minimum Gasteiger partial charge on any atom is -0.496 e. The van der Waals surface area contributed by atoms with Crippen molar-refractivity contribution in [3.8, 4) is 17.2 Å². The second-order valence-electron chi connectivity index (χ2n) is 8.44. The van der Waals surface area contributed by atoms with Gasteiger partial charge in [0.2, 0.25) is 0 Å². The van der Waals surface area contributed by atoms with Gasteiger partial charge in [-0.1, -0.05) is 24.3 Å². The van der Waals surface area contributed by atoms with E-state index in [9.17, 15) is 13.2 Å². The molecule has 0 radical (unpaired) electrons. The topological polar surface area (TPSA) is 94.2 Å². The molecule has 1 amide bonds.